The van der Waals surface area contributed by atoms with Crippen LogP contribution in [0.4, 0.5) is 0 Å². The minimum Gasteiger partial charge on any atom is -0.506 e. The first kappa shape index (κ1) is 75.7. The summed E-state index contributed by atoms with van der Waals surface area (Å²) < 4.78 is 0. The van der Waals surface area contributed by atoms with Gasteiger partial charge in [0.15, 0.2) is 0 Å². The van der Waals surface area contributed by atoms with Gasteiger partial charge < -0.3 is 73.4 Å². The largest absolute Gasteiger partial charge is 0.506 e. The molecule has 29 heteroatoms. The van der Waals surface area contributed by atoms with Crippen molar-refractivity contribution in [2.75, 3.05) is 124 Å². The molecule has 6 unspecified atom stereocenters. The monoisotopic (exact) mass is 1360 g/mol. The first-order valence-corrected chi connectivity index (χ1v) is 33.7. The standard InChI is InChI=1S/C69H93N13O16/c1-2-47(83)15-5-3-4-13-45-43-81-37-31-75-64(93)50-18-8-16-48(58(50)87)62(91)71-27-33-79(35-29-73-66(95)52-20-10-22-54(60(52)89)68(97)77-45)39-40-80-34-28-72-63(92)49-17-9-19-51(59(49)88)65(94)76-32-38-82(42-41-81)44-46(14-6-7-26-70-56(84)24-12-25-57(85)86)78-69(98)55-23-11-21-53(61(55)90)67(96)74-30-36-80/h8-11,16-23,45-46,87-90H,2-7,12-15,24-44H2,1H3,(H,70,84)(H,71,91)(H,72,92)(H,73,95)(H,74,96)(H,75,93)(H,76,94)(H,77,97)(H,78,98)(H,85,86). The molecule has 98 heavy (non-hydrogen) atoms. The van der Waals surface area contributed by atoms with Gasteiger partial charge in [0.25, 0.3) is 47.3 Å². The van der Waals surface area contributed by atoms with Gasteiger partial charge in [0, 0.05) is 162 Å². The van der Waals surface area contributed by atoms with Crippen LogP contribution >= 0.6 is 0 Å². The Balaban J connectivity index is 1.35. The normalized spacial score (nSPS) is 21.0. The maximum atomic E-state index is 14.6. The molecular formula is C69H93N13O16. The molecule has 0 aliphatic carbocycles. The number of nitrogens with zero attached hydrogens (tertiary/aromatic N) is 4. The predicted molar refractivity (Wildman–Crippen MR) is 361 cm³/mol. The number of para-hydroxylation sites is 4. The summed E-state index contributed by atoms with van der Waals surface area (Å²) >= 11 is 0. The van der Waals surface area contributed by atoms with Crippen molar-refractivity contribution in [2.24, 2.45) is 0 Å². The van der Waals surface area contributed by atoms with E-state index in [-0.39, 0.29) is 206 Å². The SMILES string of the molecule is CCC(=O)CCCCCC1CN2CCNC(=O)c3cccc(c3O)C(=O)NCCN(CCNC(=O)c3cccc(c3O)C(=O)N1)CCN1CCNC(=O)c3cccc(c3O)C(=O)NCCN(CC2)CC(CCCCNC(=O)CCCC(=O)O)NC(=O)c2cccc(c2O)C(=O)NCC1. The molecule has 12 bridgehead atoms. The summed E-state index contributed by atoms with van der Waals surface area (Å²) in [6.07, 6.45) is 3.88. The van der Waals surface area contributed by atoms with Crippen LogP contribution in [0.3, 0.4) is 0 Å². The molecule has 530 valence electrons. The van der Waals surface area contributed by atoms with Crippen molar-refractivity contribution in [3.63, 3.8) is 0 Å². The third-order valence-electron chi connectivity index (χ3n) is 17.5. The van der Waals surface area contributed by atoms with Crippen molar-refractivity contribution in [3.8, 4) is 23.0 Å². The van der Waals surface area contributed by atoms with E-state index in [0.29, 0.717) is 51.4 Å². The quantitative estimate of drug-likeness (QED) is 0.0712. The molecule has 4 aromatic rings. The van der Waals surface area contributed by atoms with Gasteiger partial charge in [-0.05, 0) is 87.1 Å². The number of fused-ring (bicyclic) bond motifs is 16. The van der Waals surface area contributed by atoms with Crippen molar-refractivity contribution in [1.29, 1.82) is 0 Å². The first-order chi connectivity index (χ1) is 47.2. The zero-order valence-electron chi connectivity index (χ0n) is 55.5. The summed E-state index contributed by atoms with van der Waals surface area (Å²) in [5.41, 5.74) is -1.52. The first-order valence-electron chi connectivity index (χ1n) is 33.7. The molecule has 6 atom stereocenters. The molecule has 4 aliphatic rings. The third-order valence-corrected chi connectivity index (χ3v) is 17.5. The fraction of sp³-hybridized carbons (Fsp3) is 0.493. The molecule has 0 radical (unpaired) electrons. The second-order valence-corrected chi connectivity index (χ2v) is 24.6. The molecule has 14 N–H and O–H groups in total. The van der Waals surface area contributed by atoms with Crippen LogP contribution in [0, 0.1) is 0 Å². The number of aromatic hydroxyl groups is 4. The average molecular weight is 1360 g/mol. The highest BCUT2D eigenvalue weighted by atomic mass is 16.4. The number of carboxylic acids is 1. The summed E-state index contributed by atoms with van der Waals surface area (Å²) in [6, 6.07) is 15.4. The number of phenolic OH excluding ortho intramolecular Hbond substituents is 4. The number of hydrogen-bond donors (Lipinski definition) is 14. The number of benzene rings is 4. The van der Waals surface area contributed by atoms with Crippen molar-refractivity contribution in [3.05, 3.63) is 117 Å². The predicted octanol–water partition coefficient (Wildman–Crippen LogP) is 1.91. The van der Waals surface area contributed by atoms with Crippen LogP contribution in [-0.4, -0.2) is 246 Å². The lowest BCUT2D eigenvalue weighted by Crippen LogP contribution is -2.50. The number of carboxylic acid groups (broad SMARTS) is 1. The van der Waals surface area contributed by atoms with Gasteiger partial charge >= 0.3 is 5.97 Å². The fourth-order valence-corrected chi connectivity index (χ4v) is 11.9. The Kier molecular flexibility index (Phi) is 30.0. The van der Waals surface area contributed by atoms with Crippen molar-refractivity contribution in [1.82, 2.24) is 67.5 Å². The number of aliphatic carboxylic acids is 1. The molecule has 4 aromatic carbocycles. The van der Waals surface area contributed by atoms with Crippen LogP contribution in [0.2, 0.25) is 0 Å². The molecule has 4 heterocycles. The number of rotatable bonds is 16. The van der Waals surface area contributed by atoms with Gasteiger partial charge in [-0.15, -0.1) is 0 Å². The smallest absolute Gasteiger partial charge is 0.303 e. The van der Waals surface area contributed by atoms with E-state index in [1.807, 2.05) is 19.6 Å². The van der Waals surface area contributed by atoms with E-state index in [0.717, 1.165) is 0 Å². The second-order valence-electron chi connectivity index (χ2n) is 24.6. The van der Waals surface area contributed by atoms with Gasteiger partial charge in [-0.1, -0.05) is 44.0 Å². The maximum Gasteiger partial charge on any atom is 0.303 e. The van der Waals surface area contributed by atoms with E-state index in [9.17, 15) is 73.2 Å². The molecule has 4 aliphatic heterocycles. The minimum atomic E-state index is -1.03. The average Bonchev–Trinajstić information content (AvgIpc) is 0.850. The van der Waals surface area contributed by atoms with Crippen LogP contribution < -0.4 is 47.9 Å². The summed E-state index contributed by atoms with van der Waals surface area (Å²) in [4.78, 5) is 157. The second kappa shape index (κ2) is 38.9. The van der Waals surface area contributed by atoms with Crippen molar-refractivity contribution < 1.29 is 78.3 Å². The summed E-state index contributed by atoms with van der Waals surface area (Å²) in [5, 5.41) is 81.8. The lowest BCUT2D eigenvalue weighted by Gasteiger charge is -2.33. The van der Waals surface area contributed by atoms with E-state index in [4.69, 9.17) is 5.11 Å². The van der Waals surface area contributed by atoms with E-state index in [2.05, 4.69) is 47.9 Å². The molecule has 0 saturated heterocycles. The number of carbonyl (C=O) groups excluding carboxylic acids is 10. The van der Waals surface area contributed by atoms with E-state index in [1.54, 1.807) is 6.92 Å². The van der Waals surface area contributed by atoms with Crippen LogP contribution in [0.25, 0.3) is 0 Å². The van der Waals surface area contributed by atoms with Crippen LogP contribution in [-0.2, 0) is 14.4 Å². The van der Waals surface area contributed by atoms with Crippen molar-refractivity contribution >= 4 is 64.9 Å². The number of phenols is 4. The summed E-state index contributed by atoms with van der Waals surface area (Å²) in [7, 11) is 0. The molecule has 0 aromatic heterocycles. The Hall–Kier alpha value is -9.71. The molecule has 29 nitrogen and oxygen atoms in total. The highest BCUT2D eigenvalue weighted by Crippen LogP contribution is 2.27. The third kappa shape index (κ3) is 23.3. The van der Waals surface area contributed by atoms with Gasteiger partial charge in [0.1, 0.15) is 28.8 Å². The molecule has 0 spiro atoms. The van der Waals surface area contributed by atoms with Crippen LogP contribution in [0.15, 0.2) is 72.8 Å². The molecule has 9 amide bonds. The maximum absolute atomic E-state index is 14.6. The molecule has 0 fully saturated rings. The number of unbranched alkanes of at least 4 members (excludes halogenated alkanes) is 3. The summed E-state index contributed by atoms with van der Waals surface area (Å²) in [6.45, 7) is 3.31. The van der Waals surface area contributed by atoms with Crippen LogP contribution in [0.1, 0.15) is 167 Å². The Morgan fingerprint density at radius 1 is 0.388 bits per heavy atom. The lowest BCUT2D eigenvalue weighted by atomic mass is 10.0. The van der Waals surface area contributed by atoms with Crippen LogP contribution in [0.5, 0.6) is 23.0 Å². The zero-order chi connectivity index (χ0) is 70.5. The summed E-state index contributed by atoms with van der Waals surface area (Å²) in [5.74, 6) is -9.18. The Labute approximate surface area is 569 Å². The van der Waals surface area contributed by atoms with Gasteiger partial charge in [0.05, 0.1) is 44.5 Å². The number of ketones is 1. The van der Waals surface area contributed by atoms with Gasteiger partial charge in [-0.25, -0.2) is 0 Å². The fourth-order valence-electron chi connectivity index (χ4n) is 11.9. The van der Waals surface area contributed by atoms with Gasteiger partial charge in [-0.2, -0.15) is 0 Å². The zero-order valence-corrected chi connectivity index (χ0v) is 55.5. The number of hydrogen-bond acceptors (Lipinski definition) is 19. The van der Waals surface area contributed by atoms with Gasteiger partial charge in [0.2, 0.25) is 5.91 Å². The lowest BCUT2D eigenvalue weighted by molar-refractivity contribution is -0.137. The van der Waals surface area contributed by atoms with Gasteiger partial charge in [-0.3, -0.25) is 72.3 Å². The minimum absolute atomic E-state index is 0.00153. The molecule has 0 saturated carbocycles. The van der Waals surface area contributed by atoms with E-state index < -0.39 is 88.3 Å². The Morgan fingerprint density at radius 2 is 0.694 bits per heavy atom. The van der Waals surface area contributed by atoms with E-state index in [1.165, 1.54) is 72.8 Å². The highest BCUT2D eigenvalue weighted by molar-refractivity contribution is 6.06. The highest BCUT2D eigenvalue weighted by Gasteiger charge is 2.28. The number of amides is 9. The Morgan fingerprint density at radius 3 is 1.02 bits per heavy atom. The number of carbonyl (C=O) groups is 11. The van der Waals surface area contributed by atoms with E-state index >= 15 is 0 Å². The topological polar surface area (TPSA) is 410 Å². The molecule has 8 rings (SSSR count). The van der Waals surface area contributed by atoms with Crippen molar-refractivity contribution in [2.45, 2.75) is 96.1 Å². The Bertz CT molecular complexity index is 3480. The number of Topliss-reactive ketones (excluding diaryl/α,β-unsaturated/α-hetero) is 1. The molecular weight excluding hydrogens is 1270 g/mol. The number of nitrogens with one attached hydrogen (secondary N) is 9.